The second-order valence-electron chi connectivity index (χ2n) is 5.47. The molecule has 2 rings (SSSR count). The van der Waals surface area contributed by atoms with Crippen molar-refractivity contribution in [3.05, 3.63) is 34.9 Å². The Morgan fingerprint density at radius 1 is 1.47 bits per heavy atom. The van der Waals surface area contributed by atoms with E-state index < -0.39 is 0 Å². The topological polar surface area (TPSA) is 41.1 Å². The zero-order valence-corrected chi connectivity index (χ0v) is 12.3. The van der Waals surface area contributed by atoms with E-state index in [-0.39, 0.29) is 17.4 Å². The van der Waals surface area contributed by atoms with Crippen molar-refractivity contribution < 1.29 is 4.79 Å². The van der Waals surface area contributed by atoms with Crippen molar-refractivity contribution in [1.82, 2.24) is 10.6 Å². The van der Waals surface area contributed by atoms with Crippen molar-refractivity contribution in [2.24, 2.45) is 5.41 Å². The molecule has 1 aromatic rings. The lowest BCUT2D eigenvalue weighted by Gasteiger charge is -2.26. The largest absolute Gasteiger partial charge is 0.349 e. The van der Waals surface area contributed by atoms with Crippen molar-refractivity contribution in [2.45, 2.75) is 32.7 Å². The van der Waals surface area contributed by atoms with E-state index in [9.17, 15) is 4.79 Å². The lowest BCUT2D eigenvalue weighted by atomic mass is 9.88. The Morgan fingerprint density at radius 3 is 2.68 bits per heavy atom. The number of rotatable bonds is 4. The molecule has 0 saturated carbocycles. The van der Waals surface area contributed by atoms with Crippen LogP contribution in [-0.2, 0) is 4.79 Å². The van der Waals surface area contributed by atoms with Crippen molar-refractivity contribution in [3.8, 4) is 0 Å². The van der Waals surface area contributed by atoms with Gasteiger partial charge in [0.1, 0.15) is 0 Å². The molecule has 1 saturated heterocycles. The number of hydrogen-bond donors (Lipinski definition) is 2. The summed E-state index contributed by atoms with van der Waals surface area (Å²) in [7, 11) is 0. The van der Waals surface area contributed by atoms with Crippen LogP contribution in [0.15, 0.2) is 24.3 Å². The molecule has 1 aromatic carbocycles. The molecule has 0 aliphatic carbocycles. The summed E-state index contributed by atoms with van der Waals surface area (Å²) in [6.45, 7) is 5.78. The summed E-state index contributed by atoms with van der Waals surface area (Å²) in [5.74, 6) is 0.138. The SMILES string of the molecule is CCC(NC(=O)C1(C)CCNC1)c1ccc(Cl)cc1. The quantitative estimate of drug-likeness (QED) is 0.890. The Kier molecular flexibility index (Phi) is 4.48. The van der Waals surface area contributed by atoms with Gasteiger partial charge in [-0.3, -0.25) is 4.79 Å². The van der Waals surface area contributed by atoms with Gasteiger partial charge in [0.15, 0.2) is 0 Å². The third-order valence-electron chi connectivity index (χ3n) is 3.90. The van der Waals surface area contributed by atoms with E-state index in [0.29, 0.717) is 0 Å². The zero-order chi connectivity index (χ0) is 13.9. The highest BCUT2D eigenvalue weighted by atomic mass is 35.5. The molecular weight excluding hydrogens is 260 g/mol. The third-order valence-corrected chi connectivity index (χ3v) is 4.15. The molecule has 1 amide bonds. The first-order valence-corrected chi connectivity index (χ1v) is 7.20. The Bertz CT molecular complexity index is 438. The summed E-state index contributed by atoms with van der Waals surface area (Å²) < 4.78 is 0. The second-order valence-corrected chi connectivity index (χ2v) is 5.91. The van der Waals surface area contributed by atoms with Crippen LogP contribution in [0.2, 0.25) is 5.02 Å². The van der Waals surface area contributed by atoms with Crippen LogP contribution in [0, 0.1) is 5.41 Å². The Morgan fingerprint density at radius 2 is 2.16 bits per heavy atom. The van der Waals surface area contributed by atoms with Crippen LogP contribution in [0.1, 0.15) is 38.3 Å². The second kappa shape index (κ2) is 5.93. The number of carbonyl (C=O) groups is 1. The van der Waals surface area contributed by atoms with E-state index >= 15 is 0 Å². The van der Waals surface area contributed by atoms with Crippen LogP contribution in [0.5, 0.6) is 0 Å². The van der Waals surface area contributed by atoms with E-state index in [4.69, 9.17) is 11.6 Å². The smallest absolute Gasteiger partial charge is 0.227 e. The molecule has 0 spiro atoms. The van der Waals surface area contributed by atoms with E-state index in [2.05, 4.69) is 17.6 Å². The maximum absolute atomic E-state index is 12.4. The highest BCUT2D eigenvalue weighted by molar-refractivity contribution is 6.30. The molecule has 1 aliphatic heterocycles. The fraction of sp³-hybridized carbons (Fsp3) is 0.533. The first-order chi connectivity index (χ1) is 9.05. The summed E-state index contributed by atoms with van der Waals surface area (Å²) in [6, 6.07) is 7.75. The lowest BCUT2D eigenvalue weighted by molar-refractivity contribution is -0.130. The Hall–Kier alpha value is -1.06. The molecule has 1 aliphatic rings. The van der Waals surface area contributed by atoms with Crippen molar-refractivity contribution in [2.75, 3.05) is 13.1 Å². The molecule has 104 valence electrons. The highest BCUT2D eigenvalue weighted by Crippen LogP contribution is 2.27. The number of carbonyl (C=O) groups excluding carboxylic acids is 1. The minimum Gasteiger partial charge on any atom is -0.349 e. The summed E-state index contributed by atoms with van der Waals surface area (Å²) in [5.41, 5.74) is 0.828. The minimum absolute atomic E-state index is 0.0576. The lowest BCUT2D eigenvalue weighted by Crippen LogP contribution is -2.42. The standard InChI is InChI=1S/C15H21ClN2O/c1-3-13(11-4-6-12(16)7-5-11)18-14(19)15(2)8-9-17-10-15/h4-7,13,17H,3,8-10H2,1-2H3,(H,18,19). The van der Waals surface area contributed by atoms with Gasteiger partial charge in [0, 0.05) is 11.6 Å². The molecule has 2 unspecified atom stereocenters. The normalized spacial score (nSPS) is 24.2. The van der Waals surface area contributed by atoms with Crippen molar-refractivity contribution in [1.29, 1.82) is 0 Å². The highest BCUT2D eigenvalue weighted by Gasteiger charge is 2.37. The molecule has 1 heterocycles. The average molecular weight is 281 g/mol. The van der Waals surface area contributed by atoms with E-state index in [1.807, 2.05) is 31.2 Å². The number of hydrogen-bond acceptors (Lipinski definition) is 2. The predicted octanol–water partition coefficient (Wildman–Crippen LogP) is 2.91. The molecule has 0 bridgehead atoms. The van der Waals surface area contributed by atoms with Crippen molar-refractivity contribution >= 4 is 17.5 Å². The molecular formula is C15H21ClN2O. The molecule has 3 nitrogen and oxygen atoms in total. The Labute approximate surface area is 119 Å². The van der Waals surface area contributed by atoms with Crippen LogP contribution in [0.4, 0.5) is 0 Å². The van der Waals surface area contributed by atoms with Gasteiger partial charge in [-0.05, 0) is 44.0 Å². The van der Waals surface area contributed by atoms with E-state index in [1.165, 1.54) is 0 Å². The van der Waals surface area contributed by atoms with Gasteiger partial charge in [0.2, 0.25) is 5.91 Å². The fourth-order valence-corrected chi connectivity index (χ4v) is 2.59. The molecule has 4 heteroatoms. The van der Waals surface area contributed by atoms with Crippen LogP contribution in [0.3, 0.4) is 0 Å². The van der Waals surface area contributed by atoms with Gasteiger partial charge in [-0.2, -0.15) is 0 Å². The summed E-state index contributed by atoms with van der Waals surface area (Å²) in [5, 5.41) is 7.14. The van der Waals surface area contributed by atoms with E-state index in [0.717, 1.165) is 36.5 Å². The molecule has 1 fully saturated rings. The molecule has 2 N–H and O–H groups in total. The average Bonchev–Trinajstić information content (AvgIpc) is 2.85. The molecule has 0 radical (unpaired) electrons. The number of nitrogens with one attached hydrogen (secondary N) is 2. The van der Waals surface area contributed by atoms with Crippen LogP contribution >= 0.6 is 11.6 Å². The summed E-state index contributed by atoms with van der Waals surface area (Å²) in [4.78, 5) is 12.4. The zero-order valence-electron chi connectivity index (χ0n) is 11.5. The molecule has 19 heavy (non-hydrogen) atoms. The first kappa shape index (κ1) is 14.4. The molecule has 0 aromatic heterocycles. The number of amides is 1. The predicted molar refractivity (Wildman–Crippen MR) is 78.2 cm³/mol. The van der Waals surface area contributed by atoms with E-state index in [1.54, 1.807) is 0 Å². The maximum Gasteiger partial charge on any atom is 0.227 e. The van der Waals surface area contributed by atoms with Gasteiger partial charge >= 0.3 is 0 Å². The van der Waals surface area contributed by atoms with Gasteiger partial charge in [-0.1, -0.05) is 30.7 Å². The maximum atomic E-state index is 12.4. The van der Waals surface area contributed by atoms with Gasteiger partial charge in [0.25, 0.3) is 0 Å². The number of halogens is 1. The minimum atomic E-state index is -0.278. The van der Waals surface area contributed by atoms with Gasteiger partial charge < -0.3 is 10.6 Å². The third kappa shape index (κ3) is 3.28. The van der Waals surface area contributed by atoms with Gasteiger partial charge in [-0.15, -0.1) is 0 Å². The van der Waals surface area contributed by atoms with Gasteiger partial charge in [0.05, 0.1) is 11.5 Å². The fourth-order valence-electron chi connectivity index (χ4n) is 2.46. The summed E-state index contributed by atoms with van der Waals surface area (Å²) >= 11 is 5.90. The number of benzene rings is 1. The van der Waals surface area contributed by atoms with Crippen molar-refractivity contribution in [3.63, 3.8) is 0 Å². The van der Waals surface area contributed by atoms with Crippen LogP contribution < -0.4 is 10.6 Å². The van der Waals surface area contributed by atoms with Gasteiger partial charge in [-0.25, -0.2) is 0 Å². The van der Waals surface area contributed by atoms with Crippen LogP contribution in [0.25, 0.3) is 0 Å². The monoisotopic (exact) mass is 280 g/mol. The Balaban J connectivity index is 2.06. The molecule has 2 atom stereocenters. The van der Waals surface area contributed by atoms with Crippen LogP contribution in [-0.4, -0.2) is 19.0 Å². The summed E-state index contributed by atoms with van der Waals surface area (Å²) in [6.07, 6.45) is 1.77. The first-order valence-electron chi connectivity index (χ1n) is 6.82.